The van der Waals surface area contributed by atoms with Gasteiger partial charge < -0.3 is 5.73 Å². The van der Waals surface area contributed by atoms with Gasteiger partial charge in [0.15, 0.2) is 0 Å². The molecule has 0 saturated carbocycles. The Morgan fingerprint density at radius 1 is 1.26 bits per heavy atom. The number of benzene rings is 2. The van der Waals surface area contributed by atoms with Gasteiger partial charge in [-0.15, -0.1) is 0 Å². The maximum atomic E-state index is 12.4. The number of hydrogen-bond donors (Lipinski definition) is 1. The number of anilines is 1. The fourth-order valence-corrected chi connectivity index (χ4v) is 4.76. The number of nitrogens with two attached hydrogens (primary N) is 1. The molecule has 1 aliphatic carbocycles. The van der Waals surface area contributed by atoms with Crippen LogP contribution in [-0.4, -0.2) is 9.96 Å². The number of nitrogen functional groups attached to an aromatic ring is 1. The normalized spacial score (nSPS) is 18.5. The van der Waals surface area contributed by atoms with E-state index in [0.717, 1.165) is 15.8 Å². The Kier molecular flexibility index (Phi) is 3.46. The average molecular weight is 336 g/mol. The zero-order chi connectivity index (χ0) is 13.4. The summed E-state index contributed by atoms with van der Waals surface area (Å²) in [5.41, 5.74) is 9.12. The summed E-state index contributed by atoms with van der Waals surface area (Å²) in [7, 11) is -0.992. The van der Waals surface area contributed by atoms with Crippen LogP contribution < -0.4 is 5.73 Å². The van der Waals surface area contributed by atoms with Gasteiger partial charge in [0.25, 0.3) is 0 Å². The van der Waals surface area contributed by atoms with E-state index < -0.39 is 10.8 Å². The van der Waals surface area contributed by atoms with Gasteiger partial charge in [0.1, 0.15) is 0 Å². The summed E-state index contributed by atoms with van der Waals surface area (Å²) in [6.45, 7) is 0. The van der Waals surface area contributed by atoms with Crippen molar-refractivity contribution in [2.45, 2.75) is 17.2 Å². The van der Waals surface area contributed by atoms with E-state index in [2.05, 4.69) is 34.1 Å². The lowest BCUT2D eigenvalue weighted by molar-refractivity contribution is 0.644. The molecule has 2 aromatic carbocycles. The maximum Gasteiger partial charge on any atom is 0.0547 e. The Morgan fingerprint density at radius 2 is 2.05 bits per heavy atom. The van der Waals surface area contributed by atoms with E-state index in [1.807, 2.05) is 18.2 Å². The van der Waals surface area contributed by atoms with Gasteiger partial charge in [0, 0.05) is 21.8 Å². The monoisotopic (exact) mass is 335 g/mol. The fourth-order valence-electron chi connectivity index (χ4n) is 2.49. The van der Waals surface area contributed by atoms with Crippen molar-refractivity contribution < 1.29 is 4.21 Å². The van der Waals surface area contributed by atoms with Crippen molar-refractivity contribution in [1.29, 1.82) is 0 Å². The Morgan fingerprint density at radius 3 is 2.79 bits per heavy atom. The third-order valence-electron chi connectivity index (χ3n) is 3.52. The molecule has 0 amide bonds. The number of fused-ring (bicyclic) bond motifs is 1. The van der Waals surface area contributed by atoms with Gasteiger partial charge in [-0.1, -0.05) is 24.3 Å². The number of rotatable bonds is 3. The number of hydrogen-bond acceptors (Lipinski definition) is 2. The van der Waals surface area contributed by atoms with Crippen molar-refractivity contribution in [3.8, 4) is 0 Å². The van der Waals surface area contributed by atoms with Crippen LogP contribution in [0.4, 0.5) is 5.69 Å². The molecule has 0 spiro atoms. The van der Waals surface area contributed by atoms with Crippen LogP contribution in [0, 0.1) is 0 Å². The minimum Gasteiger partial charge on any atom is -0.399 e. The highest BCUT2D eigenvalue weighted by Crippen LogP contribution is 2.36. The predicted octanol–water partition coefficient (Wildman–Crippen LogP) is 3.48. The second-order valence-electron chi connectivity index (χ2n) is 4.80. The molecule has 19 heavy (non-hydrogen) atoms. The first-order valence-corrected chi connectivity index (χ1v) is 8.27. The van der Waals surface area contributed by atoms with Gasteiger partial charge in [0.05, 0.1) is 15.7 Å². The summed E-state index contributed by atoms with van der Waals surface area (Å²) < 4.78 is 13.3. The lowest BCUT2D eigenvalue weighted by Crippen LogP contribution is -2.22. The molecule has 0 aromatic heterocycles. The molecule has 0 fully saturated rings. The lowest BCUT2D eigenvalue weighted by atomic mass is 9.79. The van der Waals surface area contributed by atoms with Gasteiger partial charge in [-0.05, 0) is 51.7 Å². The molecule has 0 radical (unpaired) electrons. The van der Waals surface area contributed by atoms with Gasteiger partial charge >= 0.3 is 0 Å². The largest absolute Gasteiger partial charge is 0.399 e. The van der Waals surface area contributed by atoms with Gasteiger partial charge in [-0.3, -0.25) is 4.21 Å². The number of halogens is 1. The van der Waals surface area contributed by atoms with Crippen molar-refractivity contribution in [3.63, 3.8) is 0 Å². The molecule has 2 aromatic rings. The Labute approximate surface area is 123 Å². The first-order valence-electron chi connectivity index (χ1n) is 6.16. The standard InChI is InChI=1S/C15H14BrNOS/c16-14-8-12(17)5-6-15(14)19(18)9-11-7-10-3-1-2-4-13(10)11/h1-6,8,11H,7,9,17H2. The van der Waals surface area contributed by atoms with E-state index in [1.54, 1.807) is 6.07 Å². The van der Waals surface area contributed by atoms with Gasteiger partial charge in [-0.2, -0.15) is 0 Å². The topological polar surface area (TPSA) is 43.1 Å². The second-order valence-corrected chi connectivity index (χ2v) is 7.12. The molecule has 0 bridgehead atoms. The van der Waals surface area contributed by atoms with Crippen molar-refractivity contribution >= 4 is 32.4 Å². The second kappa shape index (κ2) is 5.10. The molecule has 0 aliphatic heterocycles. The fraction of sp³-hybridized carbons (Fsp3) is 0.200. The highest BCUT2D eigenvalue weighted by atomic mass is 79.9. The first-order chi connectivity index (χ1) is 9.15. The Bertz CT molecular complexity index is 656. The molecule has 4 heteroatoms. The zero-order valence-corrected chi connectivity index (χ0v) is 12.7. The molecule has 2 unspecified atom stereocenters. The van der Waals surface area contributed by atoms with E-state index >= 15 is 0 Å². The SMILES string of the molecule is Nc1ccc(S(=O)CC2Cc3ccccc32)c(Br)c1. The molecule has 2 N–H and O–H groups in total. The van der Waals surface area contributed by atoms with Crippen molar-refractivity contribution in [3.05, 3.63) is 58.1 Å². The summed E-state index contributed by atoms with van der Waals surface area (Å²) in [5, 5.41) is 0. The molecule has 1 aliphatic rings. The van der Waals surface area contributed by atoms with Crippen LogP contribution in [-0.2, 0) is 17.2 Å². The van der Waals surface area contributed by atoms with Crippen LogP contribution in [0.15, 0.2) is 51.8 Å². The Hall–Kier alpha value is -1.13. The quantitative estimate of drug-likeness (QED) is 0.872. The van der Waals surface area contributed by atoms with Crippen LogP contribution in [0.25, 0.3) is 0 Å². The Balaban J connectivity index is 1.77. The molecule has 0 heterocycles. The summed E-state index contributed by atoms with van der Waals surface area (Å²) in [6, 6.07) is 13.8. The summed E-state index contributed by atoms with van der Waals surface area (Å²) in [4.78, 5) is 0.832. The molecule has 0 saturated heterocycles. The highest BCUT2D eigenvalue weighted by Gasteiger charge is 2.27. The van der Waals surface area contributed by atoms with Crippen molar-refractivity contribution in [2.75, 3.05) is 11.5 Å². The van der Waals surface area contributed by atoms with E-state index in [0.29, 0.717) is 17.4 Å². The zero-order valence-electron chi connectivity index (χ0n) is 10.3. The molecule has 2 nitrogen and oxygen atoms in total. The smallest absolute Gasteiger partial charge is 0.0547 e. The van der Waals surface area contributed by atoms with Crippen molar-refractivity contribution in [2.24, 2.45) is 0 Å². The van der Waals surface area contributed by atoms with Crippen LogP contribution in [0.5, 0.6) is 0 Å². The maximum absolute atomic E-state index is 12.4. The van der Waals surface area contributed by atoms with E-state index in [-0.39, 0.29) is 0 Å². The predicted molar refractivity (Wildman–Crippen MR) is 82.7 cm³/mol. The minimum atomic E-state index is -0.992. The molecule has 98 valence electrons. The lowest BCUT2D eigenvalue weighted by Gasteiger charge is -2.29. The summed E-state index contributed by atoms with van der Waals surface area (Å²) >= 11 is 3.44. The van der Waals surface area contributed by atoms with Crippen molar-refractivity contribution in [1.82, 2.24) is 0 Å². The third-order valence-corrected chi connectivity index (χ3v) is 5.99. The molecular formula is C15H14BrNOS. The molecular weight excluding hydrogens is 322 g/mol. The summed E-state index contributed by atoms with van der Waals surface area (Å²) in [6.07, 6.45) is 1.04. The average Bonchev–Trinajstić information content (AvgIpc) is 2.35. The van der Waals surface area contributed by atoms with Gasteiger partial charge in [0.2, 0.25) is 0 Å². The third kappa shape index (κ3) is 2.47. The highest BCUT2D eigenvalue weighted by molar-refractivity contribution is 9.10. The molecule has 2 atom stereocenters. The van der Waals surface area contributed by atoms with Crippen LogP contribution in [0.2, 0.25) is 0 Å². The van der Waals surface area contributed by atoms with E-state index in [1.165, 1.54) is 11.1 Å². The van der Waals surface area contributed by atoms with Crippen LogP contribution in [0.1, 0.15) is 17.0 Å². The van der Waals surface area contributed by atoms with Crippen LogP contribution in [0.3, 0.4) is 0 Å². The van der Waals surface area contributed by atoms with E-state index in [9.17, 15) is 4.21 Å². The summed E-state index contributed by atoms with van der Waals surface area (Å²) in [5.74, 6) is 1.10. The van der Waals surface area contributed by atoms with Gasteiger partial charge in [-0.25, -0.2) is 0 Å². The molecule has 3 rings (SSSR count). The first kappa shape index (κ1) is 12.9. The van der Waals surface area contributed by atoms with Crippen LogP contribution >= 0.6 is 15.9 Å². The van der Waals surface area contributed by atoms with E-state index in [4.69, 9.17) is 5.73 Å². The minimum absolute atomic E-state index is 0.418.